The molecule has 0 bridgehead atoms. The highest BCUT2D eigenvalue weighted by Gasteiger charge is 2.36. The summed E-state index contributed by atoms with van der Waals surface area (Å²) in [7, 11) is 0. The molecule has 1 N–H and O–H groups in total. The van der Waals surface area contributed by atoms with Gasteiger partial charge in [-0.25, -0.2) is 4.98 Å². The molecule has 4 nitrogen and oxygen atoms in total. The summed E-state index contributed by atoms with van der Waals surface area (Å²) in [6.45, 7) is 1.74. The fourth-order valence-corrected chi connectivity index (χ4v) is 2.48. The average molecular weight is 291 g/mol. The lowest BCUT2D eigenvalue weighted by Crippen LogP contribution is -2.10. The number of hydrogen-bond acceptors (Lipinski definition) is 4. The Kier molecular flexibility index (Phi) is 3.91. The Balaban J connectivity index is 2.27. The van der Waals surface area contributed by atoms with Crippen LogP contribution in [0.1, 0.15) is 21.1 Å². The first-order valence-electron chi connectivity index (χ1n) is 5.56. The minimum Gasteiger partial charge on any atom is -0.396 e. The van der Waals surface area contributed by atoms with E-state index < -0.39 is 11.9 Å². The summed E-state index contributed by atoms with van der Waals surface area (Å²) >= 11 is 1.42. The maximum Gasteiger partial charge on any atom is 0.435 e. The molecule has 2 rings (SSSR count). The van der Waals surface area contributed by atoms with Gasteiger partial charge in [-0.05, 0) is 13.3 Å². The van der Waals surface area contributed by atoms with E-state index in [0.717, 1.165) is 4.88 Å². The third-order valence-corrected chi connectivity index (χ3v) is 3.35. The van der Waals surface area contributed by atoms with Crippen molar-refractivity contribution in [1.29, 1.82) is 0 Å². The number of aliphatic hydroxyl groups excluding tert-OH is 1. The molecule has 0 amide bonds. The molecular weight excluding hydrogens is 279 g/mol. The van der Waals surface area contributed by atoms with E-state index in [1.54, 1.807) is 6.20 Å². The molecule has 2 heterocycles. The smallest absolute Gasteiger partial charge is 0.396 e. The molecule has 0 aliphatic heterocycles. The average Bonchev–Trinajstić information content (AvgIpc) is 2.86. The van der Waals surface area contributed by atoms with Crippen LogP contribution in [0.5, 0.6) is 0 Å². The van der Waals surface area contributed by atoms with Crippen LogP contribution in [0.4, 0.5) is 13.2 Å². The molecule has 8 heteroatoms. The minimum atomic E-state index is -4.51. The maximum atomic E-state index is 12.8. The quantitative estimate of drug-likeness (QED) is 0.940. The van der Waals surface area contributed by atoms with Crippen LogP contribution < -0.4 is 0 Å². The van der Waals surface area contributed by atoms with Gasteiger partial charge in [0, 0.05) is 29.4 Å². The van der Waals surface area contributed by atoms with Crippen molar-refractivity contribution in [3.05, 3.63) is 33.5 Å². The normalized spacial score (nSPS) is 12.1. The summed E-state index contributed by atoms with van der Waals surface area (Å²) < 4.78 is 39.5. The second kappa shape index (κ2) is 5.30. The van der Waals surface area contributed by atoms with Crippen molar-refractivity contribution in [2.75, 3.05) is 6.61 Å². The highest BCUT2D eigenvalue weighted by Crippen LogP contribution is 2.31. The second-order valence-corrected chi connectivity index (χ2v) is 5.36. The lowest BCUT2D eigenvalue weighted by atomic mass is 10.2. The molecule has 0 spiro atoms. The van der Waals surface area contributed by atoms with Crippen LogP contribution in [0.3, 0.4) is 0 Å². The lowest BCUT2D eigenvalue weighted by Gasteiger charge is -2.04. The van der Waals surface area contributed by atoms with Gasteiger partial charge in [0.05, 0.1) is 6.54 Å². The zero-order valence-corrected chi connectivity index (χ0v) is 10.9. The monoisotopic (exact) mass is 291 g/mol. The number of hydrogen-bond donors (Lipinski definition) is 1. The number of aromatic nitrogens is 3. The Morgan fingerprint density at radius 1 is 1.42 bits per heavy atom. The molecule has 19 heavy (non-hydrogen) atoms. The highest BCUT2D eigenvalue weighted by atomic mass is 32.1. The minimum absolute atomic E-state index is 0.00304. The summed E-state index contributed by atoms with van der Waals surface area (Å²) in [4.78, 5) is 5.08. The molecule has 0 aliphatic carbocycles. The number of alkyl halides is 3. The van der Waals surface area contributed by atoms with Gasteiger partial charge in [-0.1, -0.05) is 0 Å². The van der Waals surface area contributed by atoms with Crippen LogP contribution >= 0.6 is 11.3 Å². The van der Waals surface area contributed by atoms with Crippen molar-refractivity contribution in [2.24, 2.45) is 0 Å². The number of halogens is 3. The van der Waals surface area contributed by atoms with Gasteiger partial charge >= 0.3 is 6.18 Å². The molecule has 0 atom stereocenters. The van der Waals surface area contributed by atoms with Crippen molar-refractivity contribution in [3.63, 3.8) is 0 Å². The van der Waals surface area contributed by atoms with Gasteiger partial charge in [0.15, 0.2) is 5.69 Å². The van der Waals surface area contributed by atoms with E-state index in [4.69, 9.17) is 5.11 Å². The number of nitrogens with zero attached hydrogens (tertiary/aromatic N) is 3. The van der Waals surface area contributed by atoms with E-state index in [9.17, 15) is 13.2 Å². The Labute approximate surface area is 111 Å². The molecule has 0 aromatic carbocycles. The van der Waals surface area contributed by atoms with Crippen molar-refractivity contribution in [2.45, 2.75) is 26.1 Å². The van der Waals surface area contributed by atoms with Gasteiger partial charge in [-0.3, -0.25) is 4.68 Å². The standard InChI is InChI=1S/C11H12F3N3OS/c1-7-4-15-9(19-7)6-17-5-8(2-3-18)10(16-17)11(12,13)14/h4-5,18H,2-3,6H2,1H3. The number of aryl methyl sites for hydroxylation is 1. The fourth-order valence-electron chi connectivity index (χ4n) is 1.70. The van der Waals surface area contributed by atoms with E-state index in [1.807, 2.05) is 6.92 Å². The summed E-state index contributed by atoms with van der Waals surface area (Å²) in [5.74, 6) is 0. The van der Waals surface area contributed by atoms with Gasteiger partial charge in [-0.15, -0.1) is 11.3 Å². The molecule has 104 valence electrons. The molecule has 0 saturated heterocycles. The molecule has 0 radical (unpaired) electrons. The molecule has 2 aromatic heterocycles. The molecular formula is C11H12F3N3OS. The van der Waals surface area contributed by atoms with Crippen LogP contribution in [0, 0.1) is 6.92 Å². The topological polar surface area (TPSA) is 50.9 Å². The van der Waals surface area contributed by atoms with Gasteiger partial charge < -0.3 is 5.11 Å². The molecule has 0 aliphatic rings. The van der Waals surface area contributed by atoms with Crippen molar-refractivity contribution >= 4 is 11.3 Å². The predicted octanol–water partition coefficient (Wildman–Crippen LogP) is 2.25. The van der Waals surface area contributed by atoms with E-state index in [1.165, 1.54) is 22.2 Å². The number of aliphatic hydroxyl groups is 1. The SMILES string of the molecule is Cc1cnc(Cn2cc(CCO)c(C(F)(F)F)n2)s1. The first-order valence-corrected chi connectivity index (χ1v) is 6.37. The molecule has 0 unspecified atom stereocenters. The molecule has 0 saturated carbocycles. The van der Waals surface area contributed by atoms with Gasteiger partial charge in [-0.2, -0.15) is 18.3 Å². The number of thiazole rings is 1. The van der Waals surface area contributed by atoms with Crippen molar-refractivity contribution < 1.29 is 18.3 Å². The van der Waals surface area contributed by atoms with E-state index >= 15 is 0 Å². The first kappa shape index (κ1) is 14.0. The first-order chi connectivity index (χ1) is 8.90. The maximum absolute atomic E-state index is 12.8. The fraction of sp³-hybridized carbons (Fsp3) is 0.455. The van der Waals surface area contributed by atoms with Gasteiger partial charge in [0.25, 0.3) is 0 Å². The highest BCUT2D eigenvalue weighted by molar-refractivity contribution is 7.11. The summed E-state index contributed by atoms with van der Waals surface area (Å²) in [6, 6.07) is 0. The third-order valence-electron chi connectivity index (χ3n) is 2.45. The largest absolute Gasteiger partial charge is 0.435 e. The Hall–Kier alpha value is -1.41. The van der Waals surface area contributed by atoms with E-state index in [2.05, 4.69) is 10.1 Å². The van der Waals surface area contributed by atoms with E-state index in [-0.39, 0.29) is 25.1 Å². The lowest BCUT2D eigenvalue weighted by molar-refractivity contribution is -0.142. The Morgan fingerprint density at radius 2 is 2.16 bits per heavy atom. The van der Waals surface area contributed by atoms with Crippen LogP contribution in [-0.4, -0.2) is 26.5 Å². The summed E-state index contributed by atoms with van der Waals surface area (Å²) in [5, 5.41) is 13.0. The zero-order valence-electron chi connectivity index (χ0n) is 10.1. The van der Waals surface area contributed by atoms with Gasteiger partial charge in [0.1, 0.15) is 5.01 Å². The summed E-state index contributed by atoms with van der Waals surface area (Å²) in [6.07, 6.45) is -1.58. The Bertz CT molecular complexity index is 562. The molecule has 2 aromatic rings. The van der Waals surface area contributed by atoms with Crippen molar-refractivity contribution in [3.8, 4) is 0 Å². The third kappa shape index (κ3) is 3.32. The molecule has 0 fully saturated rings. The number of rotatable bonds is 4. The van der Waals surface area contributed by atoms with Crippen LogP contribution in [-0.2, 0) is 19.1 Å². The zero-order chi connectivity index (χ0) is 14.0. The predicted molar refractivity (Wildman–Crippen MR) is 64.0 cm³/mol. The van der Waals surface area contributed by atoms with Crippen LogP contribution in [0.25, 0.3) is 0 Å². The van der Waals surface area contributed by atoms with Crippen molar-refractivity contribution in [1.82, 2.24) is 14.8 Å². The Morgan fingerprint density at radius 3 is 2.68 bits per heavy atom. The summed E-state index contributed by atoms with van der Waals surface area (Å²) in [5.41, 5.74) is -0.932. The van der Waals surface area contributed by atoms with Gasteiger partial charge in [0.2, 0.25) is 0 Å². The second-order valence-electron chi connectivity index (χ2n) is 4.04. The van der Waals surface area contributed by atoms with Crippen LogP contribution in [0.15, 0.2) is 12.4 Å². The van der Waals surface area contributed by atoms with E-state index in [0.29, 0.717) is 5.01 Å². The van der Waals surface area contributed by atoms with Crippen LogP contribution in [0.2, 0.25) is 0 Å².